The molecule has 1 fully saturated rings. The van der Waals surface area contributed by atoms with Gasteiger partial charge in [0.15, 0.2) is 0 Å². The van der Waals surface area contributed by atoms with Gasteiger partial charge in [0, 0.05) is 6.54 Å². The van der Waals surface area contributed by atoms with Crippen molar-refractivity contribution in [2.45, 2.75) is 45.2 Å². The monoisotopic (exact) mass is 242 g/mol. The van der Waals surface area contributed by atoms with Gasteiger partial charge in [-0.2, -0.15) is 0 Å². The number of hydrogen-bond donors (Lipinski definition) is 2. The first kappa shape index (κ1) is 13.6. The van der Waals surface area contributed by atoms with E-state index >= 15 is 0 Å². The zero-order valence-corrected chi connectivity index (χ0v) is 10.3. The normalized spacial score (nSPS) is 21.1. The van der Waals surface area contributed by atoms with Gasteiger partial charge in [0.1, 0.15) is 5.54 Å². The first-order chi connectivity index (χ1) is 7.79. The van der Waals surface area contributed by atoms with E-state index in [0.717, 1.165) is 0 Å². The predicted molar refractivity (Wildman–Crippen MR) is 60.3 cm³/mol. The van der Waals surface area contributed by atoms with Gasteiger partial charge in [-0.15, -0.1) is 0 Å². The Bertz CT molecular complexity index is 351. The van der Waals surface area contributed by atoms with Crippen LogP contribution in [0.25, 0.3) is 0 Å². The van der Waals surface area contributed by atoms with Gasteiger partial charge in [-0.25, -0.2) is 0 Å². The van der Waals surface area contributed by atoms with Crippen molar-refractivity contribution < 1.29 is 19.5 Å². The van der Waals surface area contributed by atoms with Crippen molar-refractivity contribution in [3.05, 3.63) is 0 Å². The lowest BCUT2D eigenvalue weighted by molar-refractivity contribution is -0.144. The molecule has 0 radical (unpaired) electrons. The second-order valence-corrected chi connectivity index (χ2v) is 4.71. The van der Waals surface area contributed by atoms with E-state index in [1.54, 1.807) is 0 Å². The van der Waals surface area contributed by atoms with E-state index in [9.17, 15) is 14.4 Å². The Kier molecular flexibility index (Phi) is 3.87. The molecule has 1 saturated heterocycles. The Morgan fingerprint density at radius 3 is 2.59 bits per heavy atom. The van der Waals surface area contributed by atoms with Crippen molar-refractivity contribution >= 4 is 17.8 Å². The van der Waals surface area contributed by atoms with Crippen LogP contribution in [-0.2, 0) is 14.4 Å². The van der Waals surface area contributed by atoms with Crippen molar-refractivity contribution in [2.75, 3.05) is 6.54 Å². The molecule has 0 aromatic carbocycles. The van der Waals surface area contributed by atoms with Crippen LogP contribution in [0.3, 0.4) is 0 Å². The van der Waals surface area contributed by atoms with Crippen molar-refractivity contribution in [2.24, 2.45) is 0 Å². The van der Waals surface area contributed by atoms with E-state index in [1.807, 2.05) is 6.92 Å². The van der Waals surface area contributed by atoms with Crippen LogP contribution in [0.5, 0.6) is 0 Å². The molecule has 1 unspecified atom stereocenters. The van der Waals surface area contributed by atoms with Crippen molar-refractivity contribution in [1.29, 1.82) is 0 Å². The van der Waals surface area contributed by atoms with Gasteiger partial charge >= 0.3 is 5.97 Å². The molecule has 0 aliphatic carbocycles. The molecular weight excluding hydrogens is 224 g/mol. The minimum atomic E-state index is -1.22. The molecule has 0 spiro atoms. The summed E-state index contributed by atoms with van der Waals surface area (Å²) in [5, 5.41) is 11.7. The van der Waals surface area contributed by atoms with Crippen LogP contribution in [0.2, 0.25) is 0 Å². The first-order valence-electron chi connectivity index (χ1n) is 5.65. The van der Waals surface area contributed by atoms with Gasteiger partial charge in [-0.1, -0.05) is 6.92 Å². The highest BCUT2D eigenvalue weighted by atomic mass is 16.4. The molecule has 0 aromatic rings. The number of aliphatic carboxylic acids is 1. The summed E-state index contributed by atoms with van der Waals surface area (Å²) in [7, 11) is 0. The fraction of sp³-hybridized carbons (Fsp3) is 0.727. The smallest absolute Gasteiger partial charge is 0.323 e. The molecule has 0 saturated carbocycles. The highest BCUT2D eigenvalue weighted by Crippen LogP contribution is 2.16. The second-order valence-electron chi connectivity index (χ2n) is 4.71. The summed E-state index contributed by atoms with van der Waals surface area (Å²) in [4.78, 5) is 35.5. The number of carbonyl (C=O) groups excluding carboxylic acids is 2. The topological polar surface area (TPSA) is 86.7 Å². The molecule has 1 aliphatic heterocycles. The lowest BCUT2D eigenvalue weighted by atomic mass is 10.0. The van der Waals surface area contributed by atoms with Crippen LogP contribution in [-0.4, -0.2) is 45.9 Å². The number of carbonyl (C=O) groups is 3. The van der Waals surface area contributed by atoms with E-state index in [1.165, 1.54) is 18.7 Å². The van der Waals surface area contributed by atoms with Crippen molar-refractivity contribution in [3.63, 3.8) is 0 Å². The van der Waals surface area contributed by atoms with Crippen LogP contribution >= 0.6 is 0 Å². The summed E-state index contributed by atoms with van der Waals surface area (Å²) in [6.45, 7) is 5.21. The molecule has 96 valence electrons. The molecule has 1 atom stereocenters. The molecule has 2 amide bonds. The third kappa shape index (κ3) is 2.82. The van der Waals surface area contributed by atoms with Gasteiger partial charge < -0.3 is 5.11 Å². The zero-order chi connectivity index (χ0) is 13.2. The lowest BCUT2D eigenvalue weighted by Crippen LogP contribution is -2.54. The fourth-order valence-corrected chi connectivity index (χ4v) is 1.75. The Balaban J connectivity index is 2.73. The zero-order valence-electron chi connectivity index (χ0n) is 10.3. The molecular formula is C11H18N2O4. The maximum Gasteiger partial charge on any atom is 0.323 e. The van der Waals surface area contributed by atoms with Crippen LogP contribution in [0.1, 0.15) is 33.6 Å². The SMILES string of the molecule is CCCN1C(=O)CC(NC(C)(C)C(=O)O)C1=O. The largest absolute Gasteiger partial charge is 0.480 e. The van der Waals surface area contributed by atoms with E-state index < -0.39 is 17.6 Å². The maximum atomic E-state index is 11.9. The van der Waals surface area contributed by atoms with Gasteiger partial charge in [0.25, 0.3) is 0 Å². The minimum Gasteiger partial charge on any atom is -0.480 e. The number of carboxylic acids is 1. The van der Waals surface area contributed by atoms with Gasteiger partial charge in [-0.05, 0) is 20.3 Å². The minimum absolute atomic E-state index is 0.0372. The number of hydrogen-bond acceptors (Lipinski definition) is 4. The van der Waals surface area contributed by atoms with Crippen LogP contribution < -0.4 is 5.32 Å². The van der Waals surface area contributed by atoms with Crippen molar-refractivity contribution in [1.82, 2.24) is 10.2 Å². The number of likely N-dealkylation sites (tertiary alicyclic amines) is 1. The Hall–Kier alpha value is -1.43. The number of nitrogens with zero attached hydrogens (tertiary/aromatic N) is 1. The van der Waals surface area contributed by atoms with Gasteiger partial charge in [0.05, 0.1) is 12.5 Å². The molecule has 6 heteroatoms. The quantitative estimate of drug-likeness (QED) is 0.661. The van der Waals surface area contributed by atoms with E-state index in [2.05, 4.69) is 5.32 Å². The number of amides is 2. The van der Waals surface area contributed by atoms with E-state index in [0.29, 0.717) is 13.0 Å². The maximum absolute atomic E-state index is 11.9. The lowest BCUT2D eigenvalue weighted by Gasteiger charge is -2.24. The summed E-state index contributed by atoms with van der Waals surface area (Å²) in [5.74, 6) is -1.62. The Morgan fingerprint density at radius 2 is 2.12 bits per heavy atom. The Morgan fingerprint density at radius 1 is 1.53 bits per heavy atom. The molecule has 2 N–H and O–H groups in total. The number of carboxylic acid groups (broad SMARTS) is 1. The molecule has 6 nitrogen and oxygen atoms in total. The van der Waals surface area contributed by atoms with E-state index in [-0.39, 0.29) is 18.2 Å². The van der Waals surface area contributed by atoms with Crippen LogP contribution in [0.15, 0.2) is 0 Å². The summed E-state index contributed by atoms with van der Waals surface area (Å²) in [6.07, 6.45) is 0.738. The van der Waals surface area contributed by atoms with Crippen LogP contribution in [0, 0.1) is 0 Å². The molecule has 1 aliphatic rings. The predicted octanol–water partition coefficient (Wildman–Crippen LogP) is -0.0233. The standard InChI is InChI=1S/C11H18N2O4/c1-4-5-13-8(14)6-7(9(13)15)12-11(2,3)10(16)17/h7,12H,4-6H2,1-3H3,(H,16,17). The molecule has 1 heterocycles. The molecule has 0 bridgehead atoms. The van der Waals surface area contributed by atoms with Crippen molar-refractivity contribution in [3.8, 4) is 0 Å². The summed E-state index contributed by atoms with van der Waals surface area (Å²) >= 11 is 0. The second kappa shape index (κ2) is 4.83. The van der Waals surface area contributed by atoms with E-state index in [4.69, 9.17) is 5.11 Å². The highest BCUT2D eigenvalue weighted by molar-refractivity contribution is 6.05. The highest BCUT2D eigenvalue weighted by Gasteiger charge is 2.42. The van der Waals surface area contributed by atoms with Gasteiger partial charge in [0.2, 0.25) is 11.8 Å². The molecule has 0 aromatic heterocycles. The fourth-order valence-electron chi connectivity index (χ4n) is 1.75. The Labute approximate surface area is 100.0 Å². The number of nitrogens with one attached hydrogen (secondary N) is 1. The summed E-state index contributed by atoms with van der Waals surface area (Å²) in [6, 6.07) is -0.722. The third-order valence-electron chi connectivity index (χ3n) is 2.76. The third-order valence-corrected chi connectivity index (χ3v) is 2.76. The van der Waals surface area contributed by atoms with Crippen LogP contribution in [0.4, 0.5) is 0 Å². The van der Waals surface area contributed by atoms with Gasteiger partial charge in [-0.3, -0.25) is 24.6 Å². The number of rotatable bonds is 5. The molecule has 17 heavy (non-hydrogen) atoms. The number of imide groups is 1. The molecule has 1 rings (SSSR count). The average molecular weight is 242 g/mol. The first-order valence-corrected chi connectivity index (χ1v) is 5.65. The summed E-state index contributed by atoms with van der Waals surface area (Å²) in [5.41, 5.74) is -1.22. The average Bonchev–Trinajstić information content (AvgIpc) is 2.45. The summed E-state index contributed by atoms with van der Waals surface area (Å²) < 4.78 is 0.